The molecule has 1 atom stereocenters. The van der Waals surface area contributed by atoms with E-state index in [1.165, 1.54) is 11.1 Å². The second kappa shape index (κ2) is 4.62. The topological polar surface area (TPSA) is 28.7 Å². The molecule has 78 valence electrons. The SMILES string of the molecule is Cc1ccccc1C(Br)Cc1ncc[nH]1. The highest BCUT2D eigenvalue weighted by molar-refractivity contribution is 9.09. The molecule has 2 aromatic rings. The number of aryl methyl sites for hydroxylation is 1. The third-order valence-electron chi connectivity index (χ3n) is 2.45. The molecule has 0 aliphatic carbocycles. The van der Waals surface area contributed by atoms with Crippen LogP contribution in [0.4, 0.5) is 0 Å². The molecular formula is C12H13BrN2. The number of halogens is 1. The zero-order valence-electron chi connectivity index (χ0n) is 8.57. The maximum atomic E-state index is 4.23. The summed E-state index contributed by atoms with van der Waals surface area (Å²) < 4.78 is 0. The van der Waals surface area contributed by atoms with E-state index >= 15 is 0 Å². The van der Waals surface area contributed by atoms with Gasteiger partial charge in [-0.25, -0.2) is 4.98 Å². The molecule has 1 heterocycles. The van der Waals surface area contributed by atoms with Crippen LogP contribution >= 0.6 is 15.9 Å². The molecule has 1 N–H and O–H groups in total. The number of imidazole rings is 1. The minimum atomic E-state index is 0.324. The number of H-pyrrole nitrogens is 1. The third kappa shape index (κ3) is 2.48. The van der Waals surface area contributed by atoms with Crippen molar-refractivity contribution in [1.82, 2.24) is 9.97 Å². The summed E-state index contributed by atoms with van der Waals surface area (Å²) in [6.45, 7) is 2.13. The summed E-state index contributed by atoms with van der Waals surface area (Å²) in [6, 6.07) is 8.41. The van der Waals surface area contributed by atoms with Gasteiger partial charge in [0.05, 0.1) is 0 Å². The van der Waals surface area contributed by atoms with E-state index in [1.54, 1.807) is 6.20 Å². The molecule has 3 heteroatoms. The van der Waals surface area contributed by atoms with Crippen molar-refractivity contribution < 1.29 is 0 Å². The lowest BCUT2D eigenvalue weighted by atomic mass is 10.0. The third-order valence-corrected chi connectivity index (χ3v) is 3.27. The van der Waals surface area contributed by atoms with Crippen molar-refractivity contribution in [3.05, 3.63) is 53.6 Å². The summed E-state index contributed by atoms with van der Waals surface area (Å²) in [5.74, 6) is 1.01. The number of benzene rings is 1. The van der Waals surface area contributed by atoms with Gasteiger partial charge in [-0.3, -0.25) is 0 Å². The summed E-state index contributed by atoms with van der Waals surface area (Å²) in [5, 5.41) is 0. The molecule has 1 unspecified atom stereocenters. The van der Waals surface area contributed by atoms with E-state index in [-0.39, 0.29) is 0 Å². The zero-order chi connectivity index (χ0) is 10.7. The molecule has 0 saturated carbocycles. The smallest absolute Gasteiger partial charge is 0.107 e. The van der Waals surface area contributed by atoms with E-state index in [4.69, 9.17) is 0 Å². The van der Waals surface area contributed by atoms with Crippen molar-refractivity contribution >= 4 is 15.9 Å². The van der Waals surface area contributed by atoms with Gasteiger partial charge in [-0.1, -0.05) is 40.2 Å². The molecule has 1 aromatic heterocycles. The number of rotatable bonds is 3. The van der Waals surface area contributed by atoms with Gasteiger partial charge < -0.3 is 4.98 Å². The quantitative estimate of drug-likeness (QED) is 0.846. The van der Waals surface area contributed by atoms with E-state index in [0.717, 1.165) is 12.2 Å². The van der Waals surface area contributed by atoms with Gasteiger partial charge in [0.1, 0.15) is 5.82 Å². The number of nitrogens with zero attached hydrogens (tertiary/aromatic N) is 1. The average molecular weight is 265 g/mol. The fraction of sp³-hybridized carbons (Fsp3) is 0.250. The molecule has 0 spiro atoms. The fourth-order valence-electron chi connectivity index (χ4n) is 1.63. The van der Waals surface area contributed by atoms with Crippen molar-refractivity contribution in [2.24, 2.45) is 0 Å². The van der Waals surface area contributed by atoms with Crippen molar-refractivity contribution in [3.8, 4) is 0 Å². The van der Waals surface area contributed by atoms with Gasteiger partial charge in [0.15, 0.2) is 0 Å². The van der Waals surface area contributed by atoms with Crippen LogP contribution in [0.5, 0.6) is 0 Å². The van der Waals surface area contributed by atoms with Gasteiger partial charge in [0.25, 0.3) is 0 Å². The van der Waals surface area contributed by atoms with Gasteiger partial charge in [-0.05, 0) is 18.1 Å². The Morgan fingerprint density at radius 3 is 2.87 bits per heavy atom. The molecule has 15 heavy (non-hydrogen) atoms. The number of alkyl halides is 1. The van der Waals surface area contributed by atoms with Gasteiger partial charge in [-0.2, -0.15) is 0 Å². The number of aromatic nitrogens is 2. The van der Waals surface area contributed by atoms with Gasteiger partial charge >= 0.3 is 0 Å². The fourth-order valence-corrected chi connectivity index (χ4v) is 2.45. The largest absolute Gasteiger partial charge is 0.349 e. The number of hydrogen-bond donors (Lipinski definition) is 1. The Morgan fingerprint density at radius 2 is 2.20 bits per heavy atom. The van der Waals surface area contributed by atoms with Gasteiger partial charge in [-0.15, -0.1) is 0 Å². The van der Waals surface area contributed by atoms with E-state index < -0.39 is 0 Å². The molecule has 2 rings (SSSR count). The Kier molecular flexibility index (Phi) is 3.21. The standard InChI is InChI=1S/C12H13BrN2/c1-9-4-2-3-5-10(9)11(13)8-12-14-6-7-15-12/h2-7,11H,8H2,1H3,(H,14,15). The molecule has 0 bridgehead atoms. The van der Waals surface area contributed by atoms with E-state index in [1.807, 2.05) is 6.20 Å². The Balaban J connectivity index is 2.15. The second-order valence-electron chi connectivity index (χ2n) is 3.56. The zero-order valence-corrected chi connectivity index (χ0v) is 10.2. The van der Waals surface area contributed by atoms with Crippen LogP contribution in [0.25, 0.3) is 0 Å². The van der Waals surface area contributed by atoms with Crippen LogP contribution in [0.15, 0.2) is 36.7 Å². The number of nitrogens with one attached hydrogen (secondary N) is 1. The van der Waals surface area contributed by atoms with Gasteiger partial charge in [0, 0.05) is 23.6 Å². The van der Waals surface area contributed by atoms with Crippen molar-refractivity contribution in [2.75, 3.05) is 0 Å². The van der Waals surface area contributed by atoms with E-state index in [9.17, 15) is 0 Å². The minimum absolute atomic E-state index is 0.324. The lowest BCUT2D eigenvalue weighted by molar-refractivity contribution is 0.870. The minimum Gasteiger partial charge on any atom is -0.349 e. The lowest BCUT2D eigenvalue weighted by Crippen LogP contribution is -1.99. The first-order chi connectivity index (χ1) is 7.27. The van der Waals surface area contributed by atoms with Crippen LogP contribution in [0.3, 0.4) is 0 Å². The molecule has 1 aromatic carbocycles. The summed E-state index contributed by atoms with van der Waals surface area (Å²) in [6.07, 6.45) is 4.53. The van der Waals surface area contributed by atoms with Gasteiger partial charge in [0.2, 0.25) is 0 Å². The van der Waals surface area contributed by atoms with E-state index in [2.05, 4.69) is 57.1 Å². The average Bonchev–Trinajstić information content (AvgIpc) is 2.71. The molecule has 0 aliphatic heterocycles. The summed E-state index contributed by atoms with van der Waals surface area (Å²) >= 11 is 3.70. The van der Waals surface area contributed by atoms with Crippen LogP contribution in [-0.4, -0.2) is 9.97 Å². The Bertz CT molecular complexity index is 423. The van der Waals surface area contributed by atoms with Crippen molar-refractivity contribution in [1.29, 1.82) is 0 Å². The van der Waals surface area contributed by atoms with Crippen LogP contribution in [0.2, 0.25) is 0 Å². The first-order valence-corrected chi connectivity index (χ1v) is 5.87. The van der Waals surface area contributed by atoms with E-state index in [0.29, 0.717) is 4.83 Å². The Hall–Kier alpha value is -1.09. The maximum Gasteiger partial charge on any atom is 0.107 e. The second-order valence-corrected chi connectivity index (χ2v) is 4.67. The molecular weight excluding hydrogens is 252 g/mol. The van der Waals surface area contributed by atoms with Crippen LogP contribution in [-0.2, 0) is 6.42 Å². The molecule has 0 radical (unpaired) electrons. The van der Waals surface area contributed by atoms with Crippen LogP contribution < -0.4 is 0 Å². The molecule has 0 amide bonds. The molecule has 2 nitrogen and oxygen atoms in total. The highest BCUT2D eigenvalue weighted by atomic mass is 79.9. The first kappa shape index (κ1) is 10.4. The molecule has 0 saturated heterocycles. The van der Waals surface area contributed by atoms with Crippen molar-refractivity contribution in [2.45, 2.75) is 18.2 Å². The summed E-state index contributed by atoms with van der Waals surface area (Å²) in [4.78, 5) is 7.67. The predicted molar refractivity (Wildman–Crippen MR) is 65.1 cm³/mol. The first-order valence-electron chi connectivity index (χ1n) is 4.95. The van der Waals surface area contributed by atoms with Crippen LogP contribution in [0, 0.1) is 6.92 Å². The normalized spacial score (nSPS) is 12.7. The summed E-state index contributed by atoms with van der Waals surface area (Å²) in [5.41, 5.74) is 2.64. The predicted octanol–water partition coefficient (Wildman–Crippen LogP) is 3.40. The number of hydrogen-bond acceptors (Lipinski definition) is 1. The lowest BCUT2D eigenvalue weighted by Gasteiger charge is -2.11. The molecule has 0 aliphatic rings. The summed E-state index contributed by atoms with van der Waals surface area (Å²) in [7, 11) is 0. The highest BCUT2D eigenvalue weighted by Crippen LogP contribution is 2.28. The number of aromatic amines is 1. The maximum absolute atomic E-state index is 4.23. The Morgan fingerprint density at radius 1 is 1.40 bits per heavy atom. The monoisotopic (exact) mass is 264 g/mol. The Labute approximate surface area is 97.9 Å². The van der Waals surface area contributed by atoms with Crippen molar-refractivity contribution in [3.63, 3.8) is 0 Å². The van der Waals surface area contributed by atoms with Crippen LogP contribution in [0.1, 0.15) is 21.8 Å². The molecule has 0 fully saturated rings. The highest BCUT2D eigenvalue weighted by Gasteiger charge is 2.11.